The molecule has 0 amide bonds. The van der Waals surface area contributed by atoms with Crippen LogP contribution in [0.1, 0.15) is 45.3 Å². The molecule has 0 aliphatic carbocycles. The van der Waals surface area contributed by atoms with E-state index < -0.39 is 10.0 Å². The first-order valence-corrected chi connectivity index (χ1v) is 9.36. The summed E-state index contributed by atoms with van der Waals surface area (Å²) in [7, 11) is -3.22. The molecule has 1 aliphatic heterocycles. The van der Waals surface area contributed by atoms with Crippen LogP contribution in [0.4, 0.5) is 0 Å². The van der Waals surface area contributed by atoms with Crippen molar-refractivity contribution in [3.63, 3.8) is 0 Å². The Balaban J connectivity index is 1.76. The Morgan fingerprint density at radius 3 is 2.86 bits per heavy atom. The Morgan fingerprint density at radius 2 is 2.23 bits per heavy atom. The summed E-state index contributed by atoms with van der Waals surface area (Å²) < 4.78 is 33.6. The fourth-order valence-corrected chi connectivity index (χ4v) is 3.62. The maximum absolute atomic E-state index is 11.9. The van der Waals surface area contributed by atoms with Crippen LogP contribution >= 0.6 is 0 Å². The molecule has 0 saturated carbocycles. The van der Waals surface area contributed by atoms with Gasteiger partial charge in [-0.2, -0.15) is 0 Å². The van der Waals surface area contributed by atoms with E-state index >= 15 is 0 Å². The standard InChI is InChI=1S/C14H26N4O3S/c1-14(2,3)6-9-22(19,20)15-7-4-12-10-18(17-16-12)13-5-8-21-11-13/h10,13,15H,4-9,11H2,1-3H3. The fraction of sp³-hybridized carbons (Fsp3) is 0.857. The summed E-state index contributed by atoms with van der Waals surface area (Å²) in [6.45, 7) is 7.89. The number of rotatable bonds is 7. The molecule has 1 aromatic rings. The molecule has 2 rings (SSSR count). The number of aromatic nitrogens is 3. The van der Waals surface area contributed by atoms with Crippen molar-refractivity contribution < 1.29 is 13.2 Å². The number of hydrogen-bond donors (Lipinski definition) is 1. The number of nitrogens with zero attached hydrogens (tertiary/aromatic N) is 3. The van der Waals surface area contributed by atoms with E-state index in [-0.39, 0.29) is 17.2 Å². The van der Waals surface area contributed by atoms with Crippen molar-refractivity contribution in [3.8, 4) is 0 Å². The highest BCUT2D eigenvalue weighted by molar-refractivity contribution is 7.89. The van der Waals surface area contributed by atoms with E-state index in [1.165, 1.54) is 0 Å². The van der Waals surface area contributed by atoms with E-state index in [1.807, 2.05) is 31.6 Å². The van der Waals surface area contributed by atoms with Crippen LogP contribution in [0.3, 0.4) is 0 Å². The second-order valence-corrected chi connectivity index (χ2v) is 8.91. The minimum atomic E-state index is -3.22. The lowest BCUT2D eigenvalue weighted by molar-refractivity contribution is 0.184. The van der Waals surface area contributed by atoms with Crippen molar-refractivity contribution >= 4 is 10.0 Å². The molecule has 1 atom stereocenters. The minimum absolute atomic E-state index is 0.0147. The molecule has 0 aromatic carbocycles. The molecule has 7 nitrogen and oxygen atoms in total. The Kier molecular flexibility index (Phi) is 5.57. The Hall–Kier alpha value is -0.990. The summed E-state index contributed by atoms with van der Waals surface area (Å²) in [5, 5.41) is 8.18. The first kappa shape index (κ1) is 17.4. The third kappa shape index (κ3) is 5.66. The van der Waals surface area contributed by atoms with Gasteiger partial charge in [0.1, 0.15) is 0 Å². The van der Waals surface area contributed by atoms with Gasteiger partial charge in [-0.3, -0.25) is 0 Å². The van der Waals surface area contributed by atoms with E-state index in [4.69, 9.17) is 4.74 Å². The predicted molar refractivity (Wildman–Crippen MR) is 84.1 cm³/mol. The summed E-state index contributed by atoms with van der Waals surface area (Å²) in [6.07, 6.45) is 4.01. The van der Waals surface area contributed by atoms with Crippen molar-refractivity contribution in [1.82, 2.24) is 19.7 Å². The van der Waals surface area contributed by atoms with Crippen molar-refractivity contribution in [1.29, 1.82) is 0 Å². The first-order valence-electron chi connectivity index (χ1n) is 7.71. The third-order valence-electron chi connectivity index (χ3n) is 3.66. The Bertz CT molecular complexity index is 571. The van der Waals surface area contributed by atoms with Crippen molar-refractivity contribution in [2.24, 2.45) is 5.41 Å². The molecule has 1 aromatic heterocycles. The maximum atomic E-state index is 11.9. The SMILES string of the molecule is CC(C)(C)CCS(=O)(=O)NCCc1cn(C2CCOC2)nn1. The van der Waals surface area contributed by atoms with Gasteiger partial charge in [-0.1, -0.05) is 26.0 Å². The summed E-state index contributed by atoms with van der Waals surface area (Å²) >= 11 is 0. The highest BCUT2D eigenvalue weighted by atomic mass is 32.2. The molecule has 1 unspecified atom stereocenters. The Labute approximate surface area is 132 Å². The summed E-state index contributed by atoms with van der Waals surface area (Å²) in [6, 6.07) is 0.254. The number of hydrogen-bond acceptors (Lipinski definition) is 5. The van der Waals surface area contributed by atoms with Crippen LogP contribution in [-0.2, 0) is 21.2 Å². The zero-order valence-corrected chi connectivity index (χ0v) is 14.4. The minimum Gasteiger partial charge on any atom is -0.379 e. The van der Waals surface area contributed by atoms with E-state index in [2.05, 4.69) is 15.0 Å². The van der Waals surface area contributed by atoms with Gasteiger partial charge in [-0.25, -0.2) is 17.8 Å². The molecule has 1 saturated heterocycles. The quantitative estimate of drug-likeness (QED) is 0.810. The molecule has 0 bridgehead atoms. The van der Waals surface area contributed by atoms with Crippen LogP contribution in [0.25, 0.3) is 0 Å². The van der Waals surface area contributed by atoms with Crippen molar-refractivity contribution in [2.45, 2.75) is 46.1 Å². The molecule has 0 spiro atoms. The largest absolute Gasteiger partial charge is 0.379 e. The van der Waals surface area contributed by atoms with E-state index in [9.17, 15) is 8.42 Å². The third-order valence-corrected chi connectivity index (χ3v) is 5.05. The van der Waals surface area contributed by atoms with Crippen LogP contribution in [0, 0.1) is 5.41 Å². The molecule has 126 valence electrons. The average Bonchev–Trinajstić information content (AvgIpc) is 3.06. The van der Waals surface area contributed by atoms with Gasteiger partial charge in [0, 0.05) is 25.8 Å². The molecular weight excluding hydrogens is 304 g/mol. The average molecular weight is 330 g/mol. The first-order chi connectivity index (χ1) is 10.3. The molecule has 2 heterocycles. The summed E-state index contributed by atoms with van der Waals surface area (Å²) in [5.74, 6) is 0.155. The normalized spacial score (nSPS) is 19.7. The second-order valence-electron chi connectivity index (χ2n) is 6.98. The van der Waals surface area contributed by atoms with E-state index in [1.54, 1.807) is 0 Å². The summed E-state index contributed by atoms with van der Waals surface area (Å²) in [5.41, 5.74) is 0.811. The number of sulfonamides is 1. The van der Waals surface area contributed by atoms with Crippen LogP contribution in [-0.4, -0.2) is 48.9 Å². The highest BCUT2D eigenvalue weighted by Gasteiger charge is 2.19. The van der Waals surface area contributed by atoms with Gasteiger partial charge in [0.15, 0.2) is 0 Å². The van der Waals surface area contributed by atoms with Crippen molar-refractivity contribution in [3.05, 3.63) is 11.9 Å². The molecule has 1 fully saturated rings. The van der Waals surface area contributed by atoms with E-state index in [0.29, 0.717) is 26.0 Å². The van der Waals surface area contributed by atoms with Gasteiger partial charge in [0.05, 0.1) is 24.1 Å². The van der Waals surface area contributed by atoms with Gasteiger partial charge in [-0.15, -0.1) is 5.10 Å². The highest BCUT2D eigenvalue weighted by Crippen LogP contribution is 2.19. The molecule has 1 aliphatic rings. The Morgan fingerprint density at radius 1 is 1.45 bits per heavy atom. The number of nitrogens with one attached hydrogen (secondary N) is 1. The lowest BCUT2D eigenvalue weighted by Gasteiger charge is -2.17. The second kappa shape index (κ2) is 7.06. The molecule has 1 N–H and O–H groups in total. The molecule has 22 heavy (non-hydrogen) atoms. The predicted octanol–water partition coefficient (Wildman–Crippen LogP) is 1.14. The van der Waals surface area contributed by atoms with Crippen LogP contribution in [0.5, 0.6) is 0 Å². The van der Waals surface area contributed by atoms with Gasteiger partial charge in [0.25, 0.3) is 0 Å². The summed E-state index contributed by atoms with van der Waals surface area (Å²) in [4.78, 5) is 0. The number of ether oxygens (including phenoxy) is 1. The van der Waals surface area contributed by atoms with Gasteiger partial charge in [-0.05, 0) is 18.3 Å². The zero-order chi connectivity index (χ0) is 16.2. The fourth-order valence-electron chi connectivity index (χ4n) is 2.18. The lowest BCUT2D eigenvalue weighted by atomic mass is 9.94. The van der Waals surface area contributed by atoms with Crippen LogP contribution in [0.2, 0.25) is 0 Å². The van der Waals surface area contributed by atoms with Crippen LogP contribution in [0.15, 0.2) is 6.20 Å². The maximum Gasteiger partial charge on any atom is 0.211 e. The lowest BCUT2D eigenvalue weighted by Crippen LogP contribution is -2.30. The molecule has 8 heteroatoms. The topological polar surface area (TPSA) is 86.1 Å². The van der Waals surface area contributed by atoms with Gasteiger partial charge < -0.3 is 4.74 Å². The van der Waals surface area contributed by atoms with Gasteiger partial charge in [0.2, 0.25) is 10.0 Å². The molecular formula is C14H26N4O3S. The monoisotopic (exact) mass is 330 g/mol. The van der Waals surface area contributed by atoms with Crippen LogP contribution < -0.4 is 4.72 Å². The van der Waals surface area contributed by atoms with Crippen molar-refractivity contribution in [2.75, 3.05) is 25.5 Å². The smallest absolute Gasteiger partial charge is 0.211 e. The van der Waals surface area contributed by atoms with Gasteiger partial charge >= 0.3 is 0 Å². The van der Waals surface area contributed by atoms with E-state index in [0.717, 1.165) is 18.7 Å². The zero-order valence-electron chi connectivity index (χ0n) is 13.6. The molecule has 0 radical (unpaired) electrons.